The zero-order valence-electron chi connectivity index (χ0n) is 14.9. The summed E-state index contributed by atoms with van der Waals surface area (Å²) in [5, 5.41) is 3.68. The van der Waals surface area contributed by atoms with Gasteiger partial charge in [0.15, 0.2) is 0 Å². The Morgan fingerprint density at radius 2 is 1.50 bits per heavy atom. The van der Waals surface area contributed by atoms with Crippen molar-refractivity contribution in [3.05, 3.63) is 59.0 Å². The number of furan rings is 1. The van der Waals surface area contributed by atoms with Gasteiger partial charge in [-0.2, -0.15) is 0 Å². The largest absolute Gasteiger partial charge is 0.467 e. The van der Waals surface area contributed by atoms with Crippen molar-refractivity contribution in [3.63, 3.8) is 0 Å². The lowest BCUT2D eigenvalue weighted by Gasteiger charge is -2.29. The number of hydrogen-bond donors (Lipinski definition) is 1. The normalized spacial score (nSPS) is 14.1. The van der Waals surface area contributed by atoms with E-state index < -0.39 is 0 Å². The van der Waals surface area contributed by atoms with Crippen LogP contribution in [0.5, 0.6) is 0 Å². The van der Waals surface area contributed by atoms with Crippen molar-refractivity contribution in [2.24, 2.45) is 0 Å². The number of nitrogens with one attached hydrogen (secondary N) is 1. The highest BCUT2D eigenvalue weighted by Gasteiger charge is 2.25. The van der Waals surface area contributed by atoms with Crippen molar-refractivity contribution in [1.29, 1.82) is 0 Å². The Labute approximate surface area is 134 Å². The second kappa shape index (κ2) is 5.92. The van der Waals surface area contributed by atoms with Gasteiger partial charge in [0.2, 0.25) is 0 Å². The van der Waals surface area contributed by atoms with Crippen LogP contribution in [0, 0.1) is 6.92 Å². The third-order valence-electron chi connectivity index (χ3n) is 3.85. The van der Waals surface area contributed by atoms with Gasteiger partial charge in [0, 0.05) is 5.54 Å². The van der Waals surface area contributed by atoms with Gasteiger partial charge < -0.3 is 4.42 Å². The van der Waals surface area contributed by atoms with E-state index in [-0.39, 0.29) is 17.0 Å². The summed E-state index contributed by atoms with van der Waals surface area (Å²) < 4.78 is 5.76. The van der Waals surface area contributed by atoms with Crippen LogP contribution in [0.2, 0.25) is 0 Å². The molecule has 2 nitrogen and oxygen atoms in total. The van der Waals surface area contributed by atoms with Crippen LogP contribution in [0.1, 0.15) is 70.0 Å². The molecule has 0 radical (unpaired) electrons. The molecule has 0 saturated carbocycles. The van der Waals surface area contributed by atoms with Gasteiger partial charge in [0.05, 0.1) is 12.3 Å². The van der Waals surface area contributed by atoms with E-state index in [1.54, 1.807) is 6.26 Å². The number of aryl methyl sites for hydroxylation is 1. The zero-order valence-corrected chi connectivity index (χ0v) is 14.9. The molecule has 22 heavy (non-hydrogen) atoms. The predicted molar refractivity (Wildman–Crippen MR) is 93.3 cm³/mol. The summed E-state index contributed by atoms with van der Waals surface area (Å²) in [5.74, 6) is 0.999. The molecule has 0 aliphatic carbocycles. The minimum atomic E-state index is 0.00654. The Hall–Kier alpha value is -1.54. The molecular formula is C20H29NO. The second-order valence-electron chi connectivity index (χ2n) is 8.17. The van der Waals surface area contributed by atoms with Gasteiger partial charge in [-0.25, -0.2) is 0 Å². The summed E-state index contributed by atoms with van der Waals surface area (Å²) >= 11 is 0. The van der Waals surface area contributed by atoms with Gasteiger partial charge in [-0.15, -0.1) is 0 Å². The lowest BCUT2D eigenvalue weighted by atomic mass is 9.86. The topological polar surface area (TPSA) is 25.2 Å². The molecule has 0 aliphatic rings. The van der Waals surface area contributed by atoms with E-state index in [4.69, 9.17) is 4.42 Å². The van der Waals surface area contributed by atoms with E-state index in [0.717, 1.165) is 5.76 Å². The second-order valence-corrected chi connectivity index (χ2v) is 8.17. The van der Waals surface area contributed by atoms with E-state index in [1.807, 2.05) is 6.07 Å². The summed E-state index contributed by atoms with van der Waals surface area (Å²) in [5.41, 5.74) is 3.95. The first-order chi connectivity index (χ1) is 10.1. The third kappa shape index (κ3) is 4.01. The average Bonchev–Trinajstić information content (AvgIpc) is 2.80. The van der Waals surface area contributed by atoms with E-state index in [0.29, 0.717) is 0 Å². The van der Waals surface area contributed by atoms with Crippen LogP contribution in [-0.2, 0) is 5.41 Å². The van der Waals surface area contributed by atoms with Crippen LogP contribution in [-0.4, -0.2) is 5.54 Å². The molecule has 2 aromatic rings. The maximum atomic E-state index is 5.76. The smallest absolute Gasteiger partial charge is 0.128 e. The van der Waals surface area contributed by atoms with Gasteiger partial charge in [-0.3, -0.25) is 5.32 Å². The van der Waals surface area contributed by atoms with Crippen molar-refractivity contribution < 1.29 is 4.42 Å². The molecule has 0 fully saturated rings. The molecule has 2 rings (SSSR count). The van der Waals surface area contributed by atoms with Crippen LogP contribution in [0.3, 0.4) is 0 Å². The zero-order chi connectivity index (χ0) is 16.5. The molecule has 2 heteroatoms. The van der Waals surface area contributed by atoms with Crippen molar-refractivity contribution >= 4 is 0 Å². The summed E-state index contributed by atoms with van der Waals surface area (Å²) in [4.78, 5) is 0. The fraction of sp³-hybridized carbons (Fsp3) is 0.500. The number of rotatable bonds is 3. The van der Waals surface area contributed by atoms with Gasteiger partial charge >= 0.3 is 0 Å². The van der Waals surface area contributed by atoms with E-state index in [2.05, 4.69) is 78.0 Å². The molecule has 0 aliphatic heterocycles. The Kier molecular flexibility index (Phi) is 4.53. The SMILES string of the molecule is Cc1ccoc1[C@@H](NC(C)(C)C)c1ccc(C(C)(C)C)cc1. The fourth-order valence-corrected chi connectivity index (χ4v) is 2.59. The Morgan fingerprint density at radius 1 is 0.909 bits per heavy atom. The molecule has 1 N–H and O–H groups in total. The summed E-state index contributed by atoms with van der Waals surface area (Å²) in [6, 6.07) is 11.0. The first kappa shape index (κ1) is 16.8. The highest BCUT2D eigenvalue weighted by atomic mass is 16.3. The van der Waals surface area contributed by atoms with E-state index >= 15 is 0 Å². The quantitative estimate of drug-likeness (QED) is 0.825. The molecule has 1 aromatic heterocycles. The van der Waals surface area contributed by atoms with Crippen molar-refractivity contribution in [2.45, 2.75) is 65.5 Å². The Bertz CT molecular complexity index is 608. The van der Waals surface area contributed by atoms with Gasteiger partial charge in [-0.05, 0) is 55.9 Å². The van der Waals surface area contributed by atoms with E-state index in [1.165, 1.54) is 16.7 Å². The lowest BCUT2D eigenvalue weighted by molar-refractivity contribution is 0.350. The molecule has 0 spiro atoms. The van der Waals surface area contributed by atoms with Crippen LogP contribution in [0.15, 0.2) is 41.0 Å². The van der Waals surface area contributed by atoms with E-state index in [9.17, 15) is 0 Å². The minimum Gasteiger partial charge on any atom is -0.467 e. The van der Waals surface area contributed by atoms with Crippen molar-refractivity contribution in [1.82, 2.24) is 5.32 Å². The number of benzene rings is 1. The molecule has 0 unspecified atom stereocenters. The highest BCUT2D eigenvalue weighted by molar-refractivity contribution is 5.35. The predicted octanol–water partition coefficient (Wildman–Crippen LogP) is 5.36. The monoisotopic (exact) mass is 299 g/mol. The summed E-state index contributed by atoms with van der Waals surface area (Å²) in [7, 11) is 0. The maximum Gasteiger partial charge on any atom is 0.128 e. The van der Waals surface area contributed by atoms with Crippen LogP contribution in [0.25, 0.3) is 0 Å². The Morgan fingerprint density at radius 3 is 1.91 bits per heavy atom. The highest BCUT2D eigenvalue weighted by Crippen LogP contribution is 2.30. The molecule has 0 amide bonds. The third-order valence-corrected chi connectivity index (χ3v) is 3.85. The van der Waals surface area contributed by atoms with Crippen LogP contribution in [0.4, 0.5) is 0 Å². The molecule has 0 bridgehead atoms. The van der Waals surface area contributed by atoms with Crippen LogP contribution < -0.4 is 5.32 Å². The lowest BCUT2D eigenvalue weighted by Crippen LogP contribution is -2.39. The summed E-state index contributed by atoms with van der Waals surface area (Å²) in [6.07, 6.45) is 1.77. The molecule has 1 heterocycles. The first-order valence-corrected chi connectivity index (χ1v) is 8.00. The average molecular weight is 299 g/mol. The molecular weight excluding hydrogens is 270 g/mol. The first-order valence-electron chi connectivity index (χ1n) is 8.00. The van der Waals surface area contributed by atoms with Crippen LogP contribution >= 0.6 is 0 Å². The van der Waals surface area contributed by atoms with Gasteiger partial charge in [0.25, 0.3) is 0 Å². The Balaban J connectivity index is 2.39. The van der Waals surface area contributed by atoms with Gasteiger partial charge in [-0.1, -0.05) is 45.0 Å². The molecule has 120 valence electrons. The van der Waals surface area contributed by atoms with Crippen molar-refractivity contribution in [2.75, 3.05) is 0 Å². The number of hydrogen-bond acceptors (Lipinski definition) is 2. The van der Waals surface area contributed by atoms with Crippen molar-refractivity contribution in [3.8, 4) is 0 Å². The maximum absolute atomic E-state index is 5.76. The molecule has 1 aromatic carbocycles. The fourth-order valence-electron chi connectivity index (χ4n) is 2.59. The molecule has 0 saturated heterocycles. The van der Waals surface area contributed by atoms with Gasteiger partial charge in [0.1, 0.15) is 5.76 Å². The standard InChI is InChI=1S/C20H29NO/c1-14-12-13-22-18(14)17(21-20(5,6)7)15-8-10-16(11-9-15)19(2,3)4/h8-13,17,21H,1-7H3/t17-/m0/s1. The molecule has 1 atom stereocenters. The summed E-state index contributed by atoms with van der Waals surface area (Å²) in [6.45, 7) is 15.4. The minimum absolute atomic E-state index is 0.00654.